The number of hydrogen-bond acceptors (Lipinski definition) is 8. The lowest BCUT2D eigenvalue weighted by atomic mass is 9.79. The van der Waals surface area contributed by atoms with Gasteiger partial charge in [0.05, 0.1) is 31.8 Å². The Bertz CT molecular complexity index is 1030. The number of rotatable bonds is 12. The summed E-state index contributed by atoms with van der Waals surface area (Å²) in [5.41, 5.74) is 1.37. The van der Waals surface area contributed by atoms with Gasteiger partial charge in [-0.3, -0.25) is 0 Å². The van der Waals surface area contributed by atoms with Gasteiger partial charge >= 0.3 is 17.2 Å². The van der Waals surface area contributed by atoms with E-state index >= 15 is 0 Å². The predicted molar refractivity (Wildman–Crippen MR) is 176 cm³/mol. The van der Waals surface area contributed by atoms with Crippen LogP contribution in [0, 0.1) is 5.41 Å². The maximum absolute atomic E-state index is 10.9. The first-order chi connectivity index (χ1) is 19.6. The molecule has 0 bridgehead atoms. The number of aliphatic hydroxyl groups excluding tert-OH is 2. The molecule has 2 rings (SSSR count). The van der Waals surface area contributed by atoms with Crippen LogP contribution in [0.3, 0.4) is 0 Å². The molecule has 2 aromatic carbocycles. The number of hydrogen-bond donors (Lipinski definition) is 4. The highest BCUT2D eigenvalue weighted by Crippen LogP contribution is 2.48. The summed E-state index contributed by atoms with van der Waals surface area (Å²) in [5.74, 6) is 1.12. The van der Waals surface area contributed by atoms with Crippen molar-refractivity contribution < 1.29 is 38.1 Å². The molecule has 4 N–H and O–H groups in total. The van der Waals surface area contributed by atoms with Crippen LogP contribution in [0.5, 0.6) is 11.5 Å². The summed E-state index contributed by atoms with van der Waals surface area (Å²) in [6.45, 7) is 23.3. The van der Waals surface area contributed by atoms with Crippen LogP contribution in [0.25, 0.3) is 0 Å². The highest BCUT2D eigenvalue weighted by atomic mass is 31.2. The van der Waals surface area contributed by atoms with Crippen molar-refractivity contribution in [3.63, 3.8) is 0 Å². The highest BCUT2D eigenvalue weighted by molar-refractivity contribution is 7.41. The molecule has 0 radical (unpaired) electrons. The second kappa shape index (κ2) is 14.4. The van der Waals surface area contributed by atoms with Gasteiger partial charge < -0.3 is 38.1 Å². The Kier molecular flexibility index (Phi) is 12.7. The Morgan fingerprint density at radius 3 is 0.977 bits per heavy atom. The maximum Gasteiger partial charge on any atom is 0.394 e. The molecule has 43 heavy (non-hydrogen) atoms. The van der Waals surface area contributed by atoms with Gasteiger partial charge in [-0.2, -0.15) is 0 Å². The van der Waals surface area contributed by atoms with E-state index in [1.165, 1.54) is 0 Å². The van der Waals surface area contributed by atoms with Gasteiger partial charge in [-0.25, -0.2) is 0 Å². The molecule has 0 amide bonds. The van der Waals surface area contributed by atoms with Crippen LogP contribution < -0.4 is 9.05 Å². The Hall–Kier alpha value is -1.34. The van der Waals surface area contributed by atoms with E-state index in [4.69, 9.17) is 18.1 Å². The molecule has 0 saturated heterocycles. The first kappa shape index (κ1) is 37.8. The molecule has 2 aromatic rings. The van der Waals surface area contributed by atoms with E-state index in [0.717, 1.165) is 22.3 Å². The summed E-state index contributed by atoms with van der Waals surface area (Å²) in [6, 6.07) is 11.8. The molecule has 0 fully saturated rings. The van der Waals surface area contributed by atoms with Crippen LogP contribution in [-0.4, -0.2) is 46.4 Å². The maximum atomic E-state index is 10.9. The van der Waals surface area contributed by atoms with E-state index in [2.05, 4.69) is 83.1 Å². The predicted octanol–water partition coefficient (Wildman–Crippen LogP) is 7.78. The zero-order chi connectivity index (χ0) is 33.0. The normalized spacial score (nSPS) is 14.9. The van der Waals surface area contributed by atoms with Gasteiger partial charge in [-0.1, -0.05) is 119 Å². The largest absolute Gasteiger partial charge is 0.426 e. The smallest absolute Gasteiger partial charge is 0.394 e. The van der Waals surface area contributed by atoms with E-state index in [-0.39, 0.29) is 34.9 Å². The molecule has 0 spiro atoms. The Morgan fingerprint density at radius 2 is 0.767 bits per heavy atom. The average Bonchev–Trinajstić information content (AvgIpc) is 2.87. The molecule has 0 aliphatic carbocycles. The van der Waals surface area contributed by atoms with E-state index in [0.29, 0.717) is 11.5 Å². The Morgan fingerprint density at radius 1 is 0.512 bits per heavy atom. The summed E-state index contributed by atoms with van der Waals surface area (Å²) in [4.78, 5) is 21.7. The number of para-hydroxylation sites is 2. The summed E-state index contributed by atoms with van der Waals surface area (Å²) >= 11 is 0. The van der Waals surface area contributed by atoms with Crippen molar-refractivity contribution in [2.24, 2.45) is 5.41 Å². The van der Waals surface area contributed by atoms with E-state index in [1.807, 2.05) is 36.4 Å². The molecule has 2 atom stereocenters. The average molecular weight is 641 g/mol. The molecular weight excluding hydrogens is 586 g/mol. The molecule has 244 valence electrons. The molecule has 0 heterocycles. The van der Waals surface area contributed by atoms with Gasteiger partial charge in [0.15, 0.2) is 0 Å². The fourth-order valence-corrected chi connectivity index (χ4v) is 6.08. The zero-order valence-corrected chi connectivity index (χ0v) is 29.9. The lowest BCUT2D eigenvalue weighted by molar-refractivity contribution is -0.0225. The standard InChI is InChI=1S/C33H54O8P2/c1-29(2,3)23-15-13-16-24(30(4,5)6)27(23)40-42(36)38-21-33(19-34,20-35)22-39-43(37)41-28-25(31(7,8)9)17-14-18-26(28)32(10,11)12/h13-18,34-37H,19-22H2,1-12H3. The minimum atomic E-state index is -2.43. The third-order valence-electron chi connectivity index (χ3n) is 7.23. The monoisotopic (exact) mass is 640 g/mol. The van der Waals surface area contributed by atoms with Crippen LogP contribution in [0.1, 0.15) is 105 Å². The van der Waals surface area contributed by atoms with Crippen molar-refractivity contribution in [3.05, 3.63) is 58.7 Å². The minimum Gasteiger partial charge on any atom is -0.426 e. The zero-order valence-electron chi connectivity index (χ0n) is 28.1. The number of aliphatic hydroxyl groups is 2. The SMILES string of the molecule is CC(C)(C)c1cccc(C(C)(C)C)c1OP(O)OCC(CO)(CO)COP(O)Oc1c(C(C)(C)C)cccc1C(C)(C)C. The molecule has 0 saturated carbocycles. The molecule has 0 aliphatic rings. The molecular formula is C33H54O8P2. The lowest BCUT2D eigenvalue weighted by Crippen LogP contribution is -2.39. The van der Waals surface area contributed by atoms with Gasteiger partial charge in [0.25, 0.3) is 0 Å². The van der Waals surface area contributed by atoms with E-state index < -0.39 is 35.8 Å². The molecule has 2 unspecified atom stereocenters. The summed E-state index contributed by atoms with van der Waals surface area (Å²) < 4.78 is 23.4. The van der Waals surface area contributed by atoms with Gasteiger partial charge in [-0.15, -0.1) is 0 Å². The van der Waals surface area contributed by atoms with Gasteiger partial charge in [-0.05, 0) is 21.7 Å². The quantitative estimate of drug-likeness (QED) is 0.174. The van der Waals surface area contributed by atoms with E-state index in [1.54, 1.807) is 0 Å². The summed E-state index contributed by atoms with van der Waals surface area (Å²) in [5, 5.41) is 20.5. The first-order valence-corrected chi connectivity index (χ1v) is 16.9. The highest BCUT2D eigenvalue weighted by Gasteiger charge is 2.36. The van der Waals surface area contributed by atoms with Crippen molar-refractivity contribution in [1.82, 2.24) is 0 Å². The van der Waals surface area contributed by atoms with Crippen LogP contribution >= 0.6 is 17.2 Å². The third kappa shape index (κ3) is 10.3. The Labute approximate surface area is 261 Å². The van der Waals surface area contributed by atoms with E-state index in [9.17, 15) is 20.0 Å². The van der Waals surface area contributed by atoms with Gasteiger partial charge in [0.2, 0.25) is 0 Å². The second-order valence-corrected chi connectivity index (χ2v) is 17.2. The van der Waals surface area contributed by atoms with Crippen LogP contribution in [-0.2, 0) is 30.7 Å². The molecule has 0 aromatic heterocycles. The fraction of sp³-hybridized carbons (Fsp3) is 0.636. The van der Waals surface area contributed by atoms with Crippen LogP contribution in [0.15, 0.2) is 36.4 Å². The van der Waals surface area contributed by atoms with Crippen molar-refractivity contribution in [2.45, 2.75) is 105 Å². The van der Waals surface area contributed by atoms with Crippen LogP contribution in [0.4, 0.5) is 0 Å². The van der Waals surface area contributed by atoms with Gasteiger partial charge in [0, 0.05) is 22.3 Å². The minimum absolute atomic E-state index is 0.253. The summed E-state index contributed by atoms with van der Waals surface area (Å²) in [6.07, 6.45) is 0. The number of benzene rings is 2. The molecule has 10 heteroatoms. The van der Waals surface area contributed by atoms with Crippen molar-refractivity contribution in [2.75, 3.05) is 26.4 Å². The molecule has 8 nitrogen and oxygen atoms in total. The van der Waals surface area contributed by atoms with Crippen LogP contribution in [0.2, 0.25) is 0 Å². The van der Waals surface area contributed by atoms with Crippen molar-refractivity contribution >= 4 is 17.2 Å². The first-order valence-electron chi connectivity index (χ1n) is 14.7. The van der Waals surface area contributed by atoms with Crippen molar-refractivity contribution in [1.29, 1.82) is 0 Å². The lowest BCUT2D eigenvalue weighted by Gasteiger charge is -2.32. The van der Waals surface area contributed by atoms with Crippen molar-refractivity contribution in [3.8, 4) is 11.5 Å². The third-order valence-corrected chi connectivity index (χ3v) is 8.61. The second-order valence-electron chi connectivity index (χ2n) is 15.4. The summed E-state index contributed by atoms with van der Waals surface area (Å²) in [7, 11) is -4.85. The molecule has 0 aliphatic heterocycles. The Balaban J connectivity index is 2.21. The van der Waals surface area contributed by atoms with Gasteiger partial charge in [0.1, 0.15) is 11.5 Å². The fourth-order valence-electron chi connectivity index (χ4n) is 4.50. The topological polar surface area (TPSA) is 118 Å².